The van der Waals surface area contributed by atoms with Crippen LogP contribution in [0.1, 0.15) is 25.7 Å². The molecule has 1 saturated carbocycles. The summed E-state index contributed by atoms with van der Waals surface area (Å²) in [6, 6.07) is 0. The lowest BCUT2D eigenvalue weighted by Gasteiger charge is -2.53. The monoisotopic (exact) mass is 255 g/mol. The van der Waals surface area contributed by atoms with E-state index in [1.165, 1.54) is 32.5 Å². The highest BCUT2D eigenvalue weighted by molar-refractivity contribution is 5.03. The zero-order valence-electron chi connectivity index (χ0n) is 12.2. The maximum Gasteiger partial charge on any atom is 0.0607 e. The van der Waals surface area contributed by atoms with Crippen LogP contribution in [0.5, 0.6) is 0 Å². The summed E-state index contributed by atoms with van der Waals surface area (Å²) in [4.78, 5) is 4.94. The Bertz CT molecular complexity index is 258. The summed E-state index contributed by atoms with van der Waals surface area (Å²) in [7, 11) is 6.27. The van der Waals surface area contributed by atoms with Gasteiger partial charge in [0, 0.05) is 25.7 Å². The standard InChI is InChI=1S/C14H29N3O/c1-16-6-4-12(5-7-16)10-17(2)14(11-15)8-13(9-14)18-3/h12-13H,4-11,15H2,1-3H3. The minimum absolute atomic E-state index is 0.212. The maximum absolute atomic E-state index is 6.01. The second-order valence-corrected chi connectivity index (χ2v) is 6.32. The van der Waals surface area contributed by atoms with Gasteiger partial charge in [0.05, 0.1) is 6.10 Å². The van der Waals surface area contributed by atoms with Crippen molar-refractivity contribution < 1.29 is 4.74 Å². The van der Waals surface area contributed by atoms with Gasteiger partial charge in [0.15, 0.2) is 0 Å². The summed E-state index contributed by atoms with van der Waals surface area (Å²) in [6.07, 6.45) is 5.28. The van der Waals surface area contributed by atoms with E-state index in [1.54, 1.807) is 0 Å². The Balaban J connectivity index is 1.81. The largest absolute Gasteiger partial charge is 0.381 e. The Morgan fingerprint density at radius 2 is 1.94 bits per heavy atom. The SMILES string of the molecule is COC1CC(CN)(N(C)CC2CCN(C)CC2)C1. The number of methoxy groups -OCH3 is 1. The van der Waals surface area contributed by atoms with Crippen LogP contribution in [0.2, 0.25) is 0 Å². The van der Waals surface area contributed by atoms with Crippen molar-refractivity contribution in [2.24, 2.45) is 11.7 Å². The molecule has 0 aromatic carbocycles. The molecule has 1 saturated heterocycles. The third kappa shape index (κ3) is 2.87. The summed E-state index contributed by atoms with van der Waals surface area (Å²) in [5.41, 5.74) is 6.22. The van der Waals surface area contributed by atoms with Gasteiger partial charge in [-0.3, -0.25) is 4.90 Å². The summed E-state index contributed by atoms with van der Waals surface area (Å²) >= 11 is 0. The molecule has 2 aliphatic rings. The highest BCUT2D eigenvalue weighted by Crippen LogP contribution is 2.38. The highest BCUT2D eigenvalue weighted by atomic mass is 16.5. The van der Waals surface area contributed by atoms with Gasteiger partial charge in [0.25, 0.3) is 0 Å². The molecule has 2 rings (SSSR count). The van der Waals surface area contributed by atoms with Gasteiger partial charge >= 0.3 is 0 Å². The Kier molecular flexibility index (Phi) is 4.64. The minimum atomic E-state index is 0.212. The van der Waals surface area contributed by atoms with Crippen LogP contribution in [0.4, 0.5) is 0 Å². The van der Waals surface area contributed by atoms with E-state index in [1.807, 2.05) is 7.11 Å². The predicted molar refractivity (Wildman–Crippen MR) is 74.7 cm³/mol. The Labute approximate surface area is 111 Å². The number of piperidine rings is 1. The molecule has 2 fully saturated rings. The molecule has 1 aliphatic heterocycles. The molecule has 1 heterocycles. The van der Waals surface area contributed by atoms with Gasteiger partial charge in [-0.05, 0) is 58.8 Å². The average Bonchev–Trinajstić information content (AvgIpc) is 2.32. The molecule has 0 spiro atoms. The molecule has 2 N–H and O–H groups in total. The topological polar surface area (TPSA) is 41.7 Å². The first kappa shape index (κ1) is 14.3. The lowest BCUT2D eigenvalue weighted by Crippen LogP contribution is -2.63. The molecular weight excluding hydrogens is 226 g/mol. The van der Waals surface area contributed by atoms with Crippen molar-refractivity contribution in [3.8, 4) is 0 Å². The number of rotatable bonds is 5. The molecule has 18 heavy (non-hydrogen) atoms. The quantitative estimate of drug-likeness (QED) is 0.788. The Hall–Kier alpha value is -0.160. The average molecular weight is 255 g/mol. The fourth-order valence-electron chi connectivity index (χ4n) is 3.41. The molecule has 0 aromatic rings. The van der Waals surface area contributed by atoms with Crippen molar-refractivity contribution in [1.29, 1.82) is 0 Å². The van der Waals surface area contributed by atoms with Crippen LogP contribution in [-0.4, -0.2) is 68.8 Å². The molecule has 4 heteroatoms. The molecule has 106 valence electrons. The summed E-state index contributed by atoms with van der Waals surface area (Å²) in [5.74, 6) is 0.844. The molecule has 0 radical (unpaired) electrons. The Morgan fingerprint density at radius 1 is 1.33 bits per heavy atom. The van der Waals surface area contributed by atoms with Crippen LogP contribution in [0.25, 0.3) is 0 Å². The first-order valence-corrected chi connectivity index (χ1v) is 7.22. The van der Waals surface area contributed by atoms with Crippen LogP contribution >= 0.6 is 0 Å². The van der Waals surface area contributed by atoms with Crippen molar-refractivity contribution in [3.05, 3.63) is 0 Å². The van der Waals surface area contributed by atoms with E-state index in [4.69, 9.17) is 10.5 Å². The van der Waals surface area contributed by atoms with Crippen molar-refractivity contribution in [2.75, 3.05) is 47.4 Å². The van der Waals surface area contributed by atoms with E-state index in [9.17, 15) is 0 Å². The van der Waals surface area contributed by atoms with Crippen molar-refractivity contribution in [3.63, 3.8) is 0 Å². The Morgan fingerprint density at radius 3 is 2.44 bits per heavy atom. The number of nitrogens with zero attached hydrogens (tertiary/aromatic N) is 2. The molecular formula is C14H29N3O. The summed E-state index contributed by atoms with van der Waals surface area (Å²) in [5, 5.41) is 0. The zero-order valence-corrected chi connectivity index (χ0v) is 12.2. The van der Waals surface area contributed by atoms with E-state index in [-0.39, 0.29) is 5.54 Å². The van der Waals surface area contributed by atoms with Crippen molar-refractivity contribution in [2.45, 2.75) is 37.3 Å². The summed E-state index contributed by atoms with van der Waals surface area (Å²) < 4.78 is 5.41. The van der Waals surface area contributed by atoms with Crippen molar-refractivity contribution in [1.82, 2.24) is 9.80 Å². The zero-order chi connectivity index (χ0) is 13.2. The molecule has 1 aliphatic carbocycles. The lowest BCUT2D eigenvalue weighted by molar-refractivity contribution is -0.0836. The molecule has 0 amide bonds. The van der Waals surface area contributed by atoms with Gasteiger partial charge in [-0.15, -0.1) is 0 Å². The maximum atomic E-state index is 6.01. The van der Waals surface area contributed by atoms with Crippen LogP contribution < -0.4 is 5.73 Å². The fourth-order valence-corrected chi connectivity index (χ4v) is 3.41. The minimum Gasteiger partial charge on any atom is -0.381 e. The predicted octanol–water partition coefficient (Wildman–Crippen LogP) is 0.766. The third-order valence-electron chi connectivity index (χ3n) is 5.11. The number of hydrogen-bond donors (Lipinski definition) is 1. The number of nitrogens with two attached hydrogens (primary N) is 1. The van der Waals surface area contributed by atoms with Crippen LogP contribution in [-0.2, 0) is 4.74 Å². The van der Waals surface area contributed by atoms with E-state index in [0.717, 1.165) is 25.3 Å². The van der Waals surface area contributed by atoms with Gasteiger partial charge in [-0.1, -0.05) is 0 Å². The van der Waals surface area contributed by atoms with Crippen LogP contribution in [0, 0.1) is 5.92 Å². The van der Waals surface area contributed by atoms with E-state index >= 15 is 0 Å². The number of likely N-dealkylation sites (tertiary alicyclic amines) is 1. The van der Waals surface area contributed by atoms with E-state index in [2.05, 4.69) is 23.9 Å². The first-order valence-electron chi connectivity index (χ1n) is 7.22. The number of likely N-dealkylation sites (N-methyl/N-ethyl adjacent to an activating group) is 1. The number of hydrogen-bond acceptors (Lipinski definition) is 4. The van der Waals surface area contributed by atoms with Gasteiger partial charge < -0.3 is 15.4 Å². The normalized spacial score (nSPS) is 34.8. The second kappa shape index (κ2) is 5.87. The molecule has 4 nitrogen and oxygen atoms in total. The van der Waals surface area contributed by atoms with Gasteiger partial charge in [-0.25, -0.2) is 0 Å². The molecule has 0 atom stereocenters. The van der Waals surface area contributed by atoms with Gasteiger partial charge in [0.2, 0.25) is 0 Å². The molecule has 0 bridgehead atoms. The third-order valence-corrected chi connectivity index (χ3v) is 5.11. The van der Waals surface area contributed by atoms with Gasteiger partial charge in [0.1, 0.15) is 0 Å². The lowest BCUT2D eigenvalue weighted by atomic mass is 9.72. The van der Waals surface area contributed by atoms with Gasteiger partial charge in [-0.2, -0.15) is 0 Å². The first-order chi connectivity index (χ1) is 8.59. The summed E-state index contributed by atoms with van der Waals surface area (Å²) in [6.45, 7) is 4.45. The number of ether oxygens (including phenoxy) is 1. The van der Waals surface area contributed by atoms with E-state index in [0.29, 0.717) is 6.10 Å². The van der Waals surface area contributed by atoms with E-state index < -0.39 is 0 Å². The fraction of sp³-hybridized carbons (Fsp3) is 1.00. The van der Waals surface area contributed by atoms with Crippen LogP contribution in [0.15, 0.2) is 0 Å². The smallest absolute Gasteiger partial charge is 0.0607 e. The van der Waals surface area contributed by atoms with Crippen LogP contribution in [0.3, 0.4) is 0 Å². The second-order valence-electron chi connectivity index (χ2n) is 6.32. The highest BCUT2D eigenvalue weighted by Gasteiger charge is 2.46. The molecule has 0 aromatic heterocycles. The molecule has 0 unspecified atom stereocenters. The van der Waals surface area contributed by atoms with Crippen molar-refractivity contribution >= 4 is 0 Å².